The van der Waals surface area contributed by atoms with E-state index in [2.05, 4.69) is 24.1 Å². The van der Waals surface area contributed by atoms with E-state index in [1.54, 1.807) is 23.5 Å². The van der Waals surface area contributed by atoms with Crippen molar-refractivity contribution < 1.29 is 5.11 Å². The van der Waals surface area contributed by atoms with Crippen molar-refractivity contribution in [2.75, 3.05) is 0 Å². The normalized spacial score (nSPS) is 12.6. The summed E-state index contributed by atoms with van der Waals surface area (Å²) in [4.78, 5) is 5.72. The van der Waals surface area contributed by atoms with Gasteiger partial charge in [-0.2, -0.15) is 0 Å². The summed E-state index contributed by atoms with van der Waals surface area (Å²) >= 11 is 7.62. The summed E-state index contributed by atoms with van der Waals surface area (Å²) in [5.74, 6) is 0.117. The first-order chi connectivity index (χ1) is 9.10. The molecule has 0 fully saturated rings. The van der Waals surface area contributed by atoms with E-state index in [0.29, 0.717) is 11.6 Å². The molecular weight excluding hydrogens is 280 g/mol. The molecule has 3 nitrogen and oxygen atoms in total. The fourth-order valence-electron chi connectivity index (χ4n) is 1.70. The smallest absolute Gasteiger partial charge is 0.134 e. The minimum Gasteiger partial charge on any atom is -0.506 e. The van der Waals surface area contributed by atoms with E-state index in [9.17, 15) is 5.11 Å². The molecule has 1 unspecified atom stereocenters. The van der Waals surface area contributed by atoms with Gasteiger partial charge in [0.25, 0.3) is 0 Å². The van der Waals surface area contributed by atoms with E-state index < -0.39 is 0 Å². The van der Waals surface area contributed by atoms with Gasteiger partial charge in [0.05, 0.1) is 11.1 Å². The van der Waals surface area contributed by atoms with Crippen LogP contribution in [0, 0.1) is 0 Å². The topological polar surface area (TPSA) is 45.2 Å². The zero-order valence-corrected chi connectivity index (χ0v) is 12.6. The quantitative estimate of drug-likeness (QED) is 0.879. The molecule has 19 heavy (non-hydrogen) atoms. The van der Waals surface area contributed by atoms with Crippen LogP contribution in [-0.2, 0) is 13.0 Å². The van der Waals surface area contributed by atoms with E-state index >= 15 is 0 Å². The Labute approximate surface area is 122 Å². The molecule has 1 atom stereocenters. The van der Waals surface area contributed by atoms with Crippen molar-refractivity contribution in [3.63, 3.8) is 0 Å². The number of nitrogens with zero attached hydrogens (tertiary/aromatic N) is 1. The fourth-order valence-corrected chi connectivity index (χ4v) is 2.79. The molecule has 0 aliphatic carbocycles. The van der Waals surface area contributed by atoms with Crippen LogP contribution in [0.15, 0.2) is 24.4 Å². The lowest BCUT2D eigenvalue weighted by Crippen LogP contribution is -2.17. The highest BCUT2D eigenvalue weighted by atomic mass is 35.5. The molecule has 0 bridgehead atoms. The summed E-state index contributed by atoms with van der Waals surface area (Å²) < 4.78 is 0. The first-order valence-electron chi connectivity index (χ1n) is 6.25. The van der Waals surface area contributed by atoms with Crippen molar-refractivity contribution in [3.8, 4) is 5.75 Å². The molecule has 1 heterocycles. The molecule has 2 rings (SSSR count). The van der Waals surface area contributed by atoms with Crippen molar-refractivity contribution in [1.29, 1.82) is 0 Å². The van der Waals surface area contributed by atoms with Crippen molar-refractivity contribution >= 4 is 22.9 Å². The number of aryl methyl sites for hydroxylation is 1. The van der Waals surface area contributed by atoms with Gasteiger partial charge in [-0.05, 0) is 31.0 Å². The zero-order valence-electron chi connectivity index (χ0n) is 11.0. The van der Waals surface area contributed by atoms with E-state index in [4.69, 9.17) is 11.6 Å². The second kappa shape index (κ2) is 6.37. The van der Waals surface area contributed by atoms with Crippen molar-refractivity contribution in [3.05, 3.63) is 44.9 Å². The first kappa shape index (κ1) is 14.3. The van der Waals surface area contributed by atoms with Gasteiger partial charge in [0, 0.05) is 17.6 Å². The van der Waals surface area contributed by atoms with Crippen LogP contribution in [0.5, 0.6) is 5.75 Å². The number of nitrogens with one attached hydrogen (secondary N) is 1. The summed E-state index contributed by atoms with van der Waals surface area (Å²) in [6.07, 6.45) is 2.97. The third-order valence-electron chi connectivity index (χ3n) is 2.91. The molecule has 0 saturated heterocycles. The highest BCUT2D eigenvalue weighted by Crippen LogP contribution is 2.24. The molecule has 0 spiro atoms. The molecule has 2 aromatic rings. The fraction of sp³-hybridized carbons (Fsp3) is 0.357. The number of phenols is 1. The van der Waals surface area contributed by atoms with E-state index in [-0.39, 0.29) is 11.8 Å². The maximum atomic E-state index is 9.37. The van der Waals surface area contributed by atoms with Crippen LogP contribution in [0.1, 0.15) is 35.3 Å². The van der Waals surface area contributed by atoms with Gasteiger partial charge in [-0.25, -0.2) is 4.98 Å². The number of aromatic nitrogens is 1. The van der Waals surface area contributed by atoms with E-state index in [1.807, 2.05) is 12.3 Å². The summed E-state index contributed by atoms with van der Waals surface area (Å²) in [6.45, 7) is 4.93. The van der Waals surface area contributed by atoms with Crippen LogP contribution in [0.3, 0.4) is 0 Å². The molecule has 0 radical (unpaired) electrons. The molecule has 5 heteroatoms. The summed E-state index contributed by atoms with van der Waals surface area (Å²) in [6, 6.07) is 5.46. The average Bonchev–Trinajstić information content (AvgIpc) is 2.88. The maximum absolute atomic E-state index is 9.37. The van der Waals surface area contributed by atoms with Crippen LogP contribution < -0.4 is 5.32 Å². The second-order valence-electron chi connectivity index (χ2n) is 4.41. The lowest BCUT2D eigenvalue weighted by molar-refractivity contribution is 0.475. The number of thiazole rings is 1. The minimum absolute atomic E-state index is 0.117. The van der Waals surface area contributed by atoms with Crippen LogP contribution in [0.2, 0.25) is 5.02 Å². The van der Waals surface area contributed by atoms with Crippen LogP contribution >= 0.6 is 22.9 Å². The number of halogens is 1. The highest BCUT2D eigenvalue weighted by Gasteiger charge is 2.10. The number of benzene rings is 1. The van der Waals surface area contributed by atoms with E-state index in [0.717, 1.165) is 17.0 Å². The summed E-state index contributed by atoms with van der Waals surface area (Å²) in [5, 5.41) is 14.3. The van der Waals surface area contributed by atoms with Gasteiger partial charge in [-0.15, -0.1) is 11.3 Å². The Morgan fingerprint density at radius 2 is 2.26 bits per heavy atom. The number of hydrogen-bond donors (Lipinski definition) is 2. The number of aromatic hydroxyl groups is 1. The largest absolute Gasteiger partial charge is 0.506 e. The highest BCUT2D eigenvalue weighted by molar-refractivity contribution is 7.11. The van der Waals surface area contributed by atoms with E-state index in [1.165, 1.54) is 4.88 Å². The van der Waals surface area contributed by atoms with Gasteiger partial charge < -0.3 is 10.4 Å². The lowest BCUT2D eigenvalue weighted by Gasteiger charge is -2.11. The predicted octanol–water partition coefficient (Wildman–Crippen LogP) is 3.92. The third kappa shape index (κ3) is 3.69. The summed E-state index contributed by atoms with van der Waals surface area (Å²) in [7, 11) is 0. The molecule has 0 saturated carbocycles. The lowest BCUT2D eigenvalue weighted by atomic mass is 10.2. The predicted molar refractivity (Wildman–Crippen MR) is 79.9 cm³/mol. The van der Waals surface area contributed by atoms with Gasteiger partial charge >= 0.3 is 0 Å². The third-order valence-corrected chi connectivity index (χ3v) is 4.54. The van der Waals surface area contributed by atoms with Gasteiger partial charge in [0.15, 0.2) is 0 Å². The Bertz CT molecular complexity index is 556. The Hall–Kier alpha value is -1.10. The van der Waals surface area contributed by atoms with Crippen molar-refractivity contribution in [1.82, 2.24) is 10.3 Å². The monoisotopic (exact) mass is 296 g/mol. The Kier molecular flexibility index (Phi) is 4.80. The summed E-state index contributed by atoms with van der Waals surface area (Å²) in [5.41, 5.74) is 1.04. The van der Waals surface area contributed by atoms with Crippen LogP contribution in [0.25, 0.3) is 0 Å². The maximum Gasteiger partial charge on any atom is 0.134 e. The molecule has 0 aliphatic rings. The number of phenolic OH excluding ortho intramolecular Hbond substituents is 1. The van der Waals surface area contributed by atoms with Gasteiger partial charge in [-0.1, -0.05) is 24.6 Å². The van der Waals surface area contributed by atoms with Gasteiger partial charge in [0.2, 0.25) is 0 Å². The van der Waals surface area contributed by atoms with Gasteiger partial charge in [0.1, 0.15) is 10.8 Å². The standard InChI is InChI=1S/C14H17ClN2OS/c1-3-11-8-17-14(19-11)9(2)16-7-10-4-5-13(18)12(15)6-10/h4-6,8-9,16,18H,3,7H2,1-2H3. The zero-order chi connectivity index (χ0) is 13.8. The molecule has 1 aromatic carbocycles. The Morgan fingerprint density at radius 3 is 2.89 bits per heavy atom. The van der Waals surface area contributed by atoms with Crippen molar-refractivity contribution in [2.45, 2.75) is 32.9 Å². The second-order valence-corrected chi connectivity index (χ2v) is 5.96. The molecule has 0 aliphatic heterocycles. The molecule has 0 amide bonds. The Morgan fingerprint density at radius 1 is 1.47 bits per heavy atom. The molecule has 1 aromatic heterocycles. The van der Waals surface area contributed by atoms with Crippen LogP contribution in [-0.4, -0.2) is 10.1 Å². The molecular formula is C14H17ClN2OS. The first-order valence-corrected chi connectivity index (χ1v) is 7.45. The Balaban J connectivity index is 1.95. The molecule has 102 valence electrons. The van der Waals surface area contributed by atoms with Crippen LogP contribution in [0.4, 0.5) is 0 Å². The number of hydrogen-bond acceptors (Lipinski definition) is 4. The van der Waals surface area contributed by atoms with Gasteiger partial charge in [-0.3, -0.25) is 0 Å². The molecule has 2 N–H and O–H groups in total. The SMILES string of the molecule is CCc1cnc(C(C)NCc2ccc(O)c(Cl)c2)s1. The minimum atomic E-state index is 0.117. The van der Waals surface area contributed by atoms with Crippen molar-refractivity contribution in [2.24, 2.45) is 0 Å². The average molecular weight is 297 g/mol. The number of rotatable bonds is 5.